The minimum absolute atomic E-state index is 0.217. The molecular formula is C25H25N3O4S. The van der Waals surface area contributed by atoms with Gasteiger partial charge in [-0.25, -0.2) is 0 Å². The summed E-state index contributed by atoms with van der Waals surface area (Å²) in [5.74, 6) is -0.0162. The monoisotopic (exact) mass is 463 g/mol. The number of anilines is 1. The third-order valence-electron chi connectivity index (χ3n) is 5.44. The lowest BCUT2D eigenvalue weighted by molar-refractivity contribution is -0.136. The minimum Gasteiger partial charge on any atom is -0.490 e. The van der Waals surface area contributed by atoms with Crippen molar-refractivity contribution in [1.29, 1.82) is 0 Å². The molecule has 2 aromatic rings. The van der Waals surface area contributed by atoms with Crippen LogP contribution in [0.2, 0.25) is 0 Å². The highest BCUT2D eigenvalue weighted by Crippen LogP contribution is 2.32. The molecule has 2 aromatic carbocycles. The van der Waals surface area contributed by atoms with Crippen LogP contribution in [0.1, 0.15) is 5.56 Å². The molecule has 0 radical (unpaired) electrons. The average molecular weight is 464 g/mol. The Balaban J connectivity index is 1.36. The molecule has 0 N–H and O–H groups in total. The van der Waals surface area contributed by atoms with Crippen LogP contribution in [0.15, 0.2) is 72.2 Å². The maximum Gasteiger partial charge on any atom is 0.294 e. The highest BCUT2D eigenvalue weighted by Gasteiger charge is 2.37. The van der Waals surface area contributed by atoms with Gasteiger partial charge in [-0.1, -0.05) is 43.0 Å². The van der Waals surface area contributed by atoms with Crippen LogP contribution in [0.5, 0.6) is 5.75 Å². The fourth-order valence-electron chi connectivity index (χ4n) is 3.73. The van der Waals surface area contributed by atoms with Crippen LogP contribution in [-0.4, -0.2) is 66.2 Å². The molecule has 2 heterocycles. The summed E-state index contributed by atoms with van der Waals surface area (Å²) in [6.07, 6.45) is 3.30. The van der Waals surface area contributed by atoms with E-state index in [1.54, 1.807) is 23.1 Å². The van der Waals surface area contributed by atoms with E-state index in [-0.39, 0.29) is 12.5 Å². The van der Waals surface area contributed by atoms with Crippen LogP contribution >= 0.6 is 11.8 Å². The van der Waals surface area contributed by atoms with Gasteiger partial charge in [-0.15, -0.1) is 0 Å². The molecule has 0 saturated carbocycles. The second-order valence-corrected chi connectivity index (χ2v) is 8.64. The summed E-state index contributed by atoms with van der Waals surface area (Å²) >= 11 is 0.849. The number of hydrogen-bond acceptors (Lipinski definition) is 6. The fraction of sp³-hybridized carbons (Fsp3) is 0.240. The molecule has 3 amide bonds. The van der Waals surface area contributed by atoms with E-state index in [1.165, 1.54) is 0 Å². The van der Waals surface area contributed by atoms with E-state index in [0.717, 1.165) is 27.9 Å². The number of para-hydroxylation sites is 1. The Kier molecular flexibility index (Phi) is 7.14. The molecule has 0 bridgehead atoms. The van der Waals surface area contributed by atoms with Crippen molar-refractivity contribution in [2.75, 3.05) is 44.2 Å². The molecule has 2 fully saturated rings. The van der Waals surface area contributed by atoms with Crippen molar-refractivity contribution < 1.29 is 19.1 Å². The number of imide groups is 1. The molecule has 4 rings (SSSR count). The van der Waals surface area contributed by atoms with Crippen molar-refractivity contribution >= 4 is 40.6 Å². The molecule has 2 saturated heterocycles. The van der Waals surface area contributed by atoms with E-state index in [4.69, 9.17) is 4.74 Å². The second-order valence-electron chi connectivity index (χ2n) is 7.64. The van der Waals surface area contributed by atoms with E-state index >= 15 is 0 Å². The number of hydrogen-bond donors (Lipinski definition) is 0. The number of ether oxygens (including phenoxy) is 1. The lowest BCUT2D eigenvalue weighted by Crippen LogP contribution is -2.51. The maximum atomic E-state index is 12.8. The van der Waals surface area contributed by atoms with E-state index in [1.807, 2.05) is 48.5 Å². The summed E-state index contributed by atoms with van der Waals surface area (Å²) in [7, 11) is 0. The van der Waals surface area contributed by atoms with E-state index in [2.05, 4.69) is 11.5 Å². The molecule has 7 nitrogen and oxygen atoms in total. The number of amides is 3. The molecule has 170 valence electrons. The first-order valence-corrected chi connectivity index (χ1v) is 11.5. The minimum atomic E-state index is -0.446. The molecule has 2 aliphatic heterocycles. The predicted molar refractivity (Wildman–Crippen MR) is 130 cm³/mol. The normalized spacial score (nSPS) is 17.6. The van der Waals surface area contributed by atoms with Crippen LogP contribution in [0.25, 0.3) is 6.08 Å². The third-order valence-corrected chi connectivity index (χ3v) is 6.35. The Morgan fingerprint density at radius 3 is 2.52 bits per heavy atom. The van der Waals surface area contributed by atoms with Gasteiger partial charge in [-0.3, -0.25) is 19.3 Å². The Morgan fingerprint density at radius 1 is 1.03 bits per heavy atom. The van der Waals surface area contributed by atoms with Gasteiger partial charge in [0.15, 0.2) is 0 Å². The van der Waals surface area contributed by atoms with Crippen molar-refractivity contribution in [2.24, 2.45) is 0 Å². The van der Waals surface area contributed by atoms with Gasteiger partial charge in [0, 0.05) is 31.9 Å². The first-order chi connectivity index (χ1) is 16.0. The summed E-state index contributed by atoms with van der Waals surface area (Å²) < 4.78 is 5.51. The summed E-state index contributed by atoms with van der Waals surface area (Å²) in [6, 6.07) is 17.3. The Hall–Kier alpha value is -3.52. The zero-order chi connectivity index (χ0) is 23.2. The molecule has 0 aromatic heterocycles. The molecule has 33 heavy (non-hydrogen) atoms. The lowest BCUT2D eigenvalue weighted by Gasteiger charge is -2.36. The third kappa shape index (κ3) is 5.46. The standard InChI is InChI=1S/C25H25N3O4S/c1-2-15-32-21-10-6-7-19(16-21)17-22-24(30)28(25(31)33-22)18-23(29)27-13-11-26(12-14-27)20-8-4-3-5-9-20/h2-10,16-17H,1,11-15,18H2/b22-17+. The first-order valence-electron chi connectivity index (χ1n) is 10.7. The van der Waals surface area contributed by atoms with E-state index in [0.29, 0.717) is 43.4 Å². The Bertz CT molecular complexity index is 1080. The lowest BCUT2D eigenvalue weighted by atomic mass is 10.2. The van der Waals surface area contributed by atoms with Crippen LogP contribution in [0.3, 0.4) is 0 Å². The van der Waals surface area contributed by atoms with Gasteiger partial charge in [0.2, 0.25) is 5.91 Å². The predicted octanol–water partition coefficient (Wildman–Crippen LogP) is 3.64. The van der Waals surface area contributed by atoms with Crippen molar-refractivity contribution in [3.63, 3.8) is 0 Å². The summed E-state index contributed by atoms with van der Waals surface area (Å²) in [5, 5.41) is -0.429. The molecule has 0 spiro atoms. The fourth-order valence-corrected chi connectivity index (χ4v) is 4.56. The van der Waals surface area contributed by atoms with Crippen molar-refractivity contribution in [3.05, 3.63) is 77.7 Å². The van der Waals surface area contributed by atoms with Gasteiger partial charge < -0.3 is 14.5 Å². The van der Waals surface area contributed by atoms with Gasteiger partial charge in [0.1, 0.15) is 18.9 Å². The van der Waals surface area contributed by atoms with Crippen molar-refractivity contribution in [2.45, 2.75) is 0 Å². The largest absolute Gasteiger partial charge is 0.490 e. The zero-order valence-corrected chi connectivity index (χ0v) is 19.0. The van der Waals surface area contributed by atoms with Crippen molar-refractivity contribution in [1.82, 2.24) is 9.80 Å². The van der Waals surface area contributed by atoms with Crippen LogP contribution in [0, 0.1) is 0 Å². The van der Waals surface area contributed by atoms with Crippen LogP contribution in [-0.2, 0) is 9.59 Å². The molecule has 0 unspecified atom stereocenters. The molecule has 0 aliphatic carbocycles. The topological polar surface area (TPSA) is 70.2 Å². The smallest absolute Gasteiger partial charge is 0.294 e. The number of carbonyl (C=O) groups excluding carboxylic acids is 3. The first kappa shape index (κ1) is 22.7. The number of piperazine rings is 1. The van der Waals surface area contributed by atoms with E-state index < -0.39 is 11.1 Å². The maximum absolute atomic E-state index is 12.8. The van der Waals surface area contributed by atoms with Crippen LogP contribution < -0.4 is 9.64 Å². The summed E-state index contributed by atoms with van der Waals surface area (Å²) in [5.41, 5.74) is 1.87. The second kappa shape index (κ2) is 10.4. The number of carbonyl (C=O) groups is 3. The van der Waals surface area contributed by atoms with Gasteiger partial charge in [0.25, 0.3) is 11.1 Å². The molecular weight excluding hydrogens is 438 g/mol. The Labute approximate surface area is 197 Å². The summed E-state index contributed by atoms with van der Waals surface area (Å²) in [6.45, 7) is 6.28. The van der Waals surface area contributed by atoms with Gasteiger partial charge in [-0.05, 0) is 47.7 Å². The average Bonchev–Trinajstić information content (AvgIpc) is 3.11. The van der Waals surface area contributed by atoms with Gasteiger partial charge in [0.05, 0.1) is 4.91 Å². The molecule has 2 aliphatic rings. The number of nitrogens with zero attached hydrogens (tertiary/aromatic N) is 3. The number of benzene rings is 2. The number of thioether (sulfide) groups is 1. The van der Waals surface area contributed by atoms with Crippen molar-refractivity contribution in [3.8, 4) is 5.75 Å². The highest BCUT2D eigenvalue weighted by molar-refractivity contribution is 8.18. The quantitative estimate of drug-likeness (QED) is 0.461. The van der Waals surface area contributed by atoms with E-state index in [9.17, 15) is 14.4 Å². The van der Waals surface area contributed by atoms with Gasteiger partial charge >= 0.3 is 0 Å². The molecule has 0 atom stereocenters. The number of rotatable bonds is 7. The highest BCUT2D eigenvalue weighted by atomic mass is 32.2. The zero-order valence-electron chi connectivity index (χ0n) is 18.2. The molecule has 8 heteroatoms. The summed E-state index contributed by atoms with van der Waals surface area (Å²) in [4.78, 5) is 43.4. The Morgan fingerprint density at radius 2 is 1.79 bits per heavy atom. The SMILES string of the molecule is C=CCOc1cccc(/C=C2/SC(=O)N(CC(=O)N3CCN(c4ccccc4)CC3)C2=O)c1. The van der Waals surface area contributed by atoms with Crippen LogP contribution in [0.4, 0.5) is 10.5 Å². The van der Waals surface area contributed by atoms with Gasteiger partial charge in [-0.2, -0.15) is 0 Å².